The molecular weight excluding hydrogens is 230 g/mol. The van der Waals surface area contributed by atoms with Gasteiger partial charge in [0.15, 0.2) is 0 Å². The van der Waals surface area contributed by atoms with Crippen LogP contribution in [0.2, 0.25) is 0 Å². The molecular formula is C13H23N3O2. The second-order valence-corrected chi connectivity index (χ2v) is 4.98. The van der Waals surface area contributed by atoms with Gasteiger partial charge in [0.05, 0.1) is 19.0 Å². The number of hydrogen-bond donors (Lipinski definition) is 1. The Labute approximate surface area is 109 Å². The molecule has 1 rings (SSSR count). The van der Waals surface area contributed by atoms with Crippen molar-refractivity contribution in [3.05, 3.63) is 0 Å². The van der Waals surface area contributed by atoms with Crippen molar-refractivity contribution in [1.29, 1.82) is 5.26 Å². The summed E-state index contributed by atoms with van der Waals surface area (Å²) >= 11 is 0. The van der Waals surface area contributed by atoms with Crippen molar-refractivity contribution in [1.82, 2.24) is 9.80 Å². The Morgan fingerprint density at radius 1 is 1.61 bits per heavy atom. The molecule has 1 heterocycles. The van der Waals surface area contributed by atoms with Crippen molar-refractivity contribution in [2.75, 3.05) is 39.8 Å². The maximum atomic E-state index is 11.9. The molecule has 0 saturated carbocycles. The van der Waals surface area contributed by atoms with Crippen molar-refractivity contribution in [3.63, 3.8) is 0 Å². The van der Waals surface area contributed by atoms with Crippen molar-refractivity contribution >= 4 is 5.91 Å². The highest BCUT2D eigenvalue weighted by molar-refractivity contribution is 5.78. The number of nitriles is 1. The summed E-state index contributed by atoms with van der Waals surface area (Å²) in [7, 11) is 1.74. The lowest BCUT2D eigenvalue weighted by atomic mass is 9.95. The summed E-state index contributed by atoms with van der Waals surface area (Å²) in [5, 5.41) is 17.4. The number of carbonyl (C=O) groups excluding carboxylic acids is 1. The first kappa shape index (κ1) is 14.9. The Morgan fingerprint density at radius 2 is 2.39 bits per heavy atom. The molecule has 5 nitrogen and oxygen atoms in total. The van der Waals surface area contributed by atoms with Crippen molar-refractivity contribution in [3.8, 4) is 6.07 Å². The molecule has 1 unspecified atom stereocenters. The molecule has 1 N–H and O–H groups in total. The van der Waals surface area contributed by atoms with E-state index < -0.39 is 0 Å². The van der Waals surface area contributed by atoms with Gasteiger partial charge < -0.3 is 10.0 Å². The molecule has 18 heavy (non-hydrogen) atoms. The molecule has 1 fully saturated rings. The smallest absolute Gasteiger partial charge is 0.236 e. The van der Waals surface area contributed by atoms with E-state index in [4.69, 9.17) is 10.4 Å². The number of likely N-dealkylation sites (N-methyl/N-ethyl adjacent to an activating group) is 1. The van der Waals surface area contributed by atoms with Crippen LogP contribution in [0.1, 0.15) is 25.7 Å². The zero-order valence-electron chi connectivity index (χ0n) is 11.1. The number of aliphatic hydroxyl groups excluding tert-OH is 1. The largest absolute Gasteiger partial charge is 0.396 e. The van der Waals surface area contributed by atoms with E-state index in [0.717, 1.165) is 32.4 Å². The highest BCUT2D eigenvalue weighted by Gasteiger charge is 2.22. The Morgan fingerprint density at radius 3 is 3.06 bits per heavy atom. The molecule has 1 saturated heterocycles. The number of nitrogens with zero attached hydrogens (tertiary/aromatic N) is 3. The van der Waals surface area contributed by atoms with Gasteiger partial charge in [-0.15, -0.1) is 0 Å². The number of aliphatic hydroxyl groups is 1. The van der Waals surface area contributed by atoms with Crippen LogP contribution >= 0.6 is 0 Å². The number of carbonyl (C=O) groups is 1. The van der Waals surface area contributed by atoms with Gasteiger partial charge in [-0.2, -0.15) is 5.26 Å². The van der Waals surface area contributed by atoms with Crippen LogP contribution < -0.4 is 0 Å². The average molecular weight is 253 g/mol. The Kier molecular flexibility index (Phi) is 6.69. The molecule has 0 aromatic rings. The van der Waals surface area contributed by atoms with E-state index >= 15 is 0 Å². The Balaban J connectivity index is 2.32. The number of likely N-dealkylation sites (tertiary alicyclic amines) is 1. The maximum absolute atomic E-state index is 11.9. The summed E-state index contributed by atoms with van der Waals surface area (Å²) in [6, 6.07) is 2.05. The summed E-state index contributed by atoms with van der Waals surface area (Å²) in [4.78, 5) is 15.7. The molecule has 0 aliphatic carbocycles. The van der Waals surface area contributed by atoms with E-state index in [1.54, 1.807) is 11.9 Å². The van der Waals surface area contributed by atoms with E-state index in [-0.39, 0.29) is 12.5 Å². The zero-order chi connectivity index (χ0) is 13.4. The fourth-order valence-corrected chi connectivity index (χ4v) is 2.37. The van der Waals surface area contributed by atoms with Gasteiger partial charge in [-0.05, 0) is 31.7 Å². The predicted octanol–water partition coefficient (Wildman–Crippen LogP) is 0.453. The summed E-state index contributed by atoms with van der Waals surface area (Å²) < 4.78 is 0. The normalized spacial score (nSPS) is 20.4. The summed E-state index contributed by atoms with van der Waals surface area (Å²) in [5.41, 5.74) is 0. The molecule has 1 amide bonds. The van der Waals surface area contributed by atoms with Crippen LogP contribution in [-0.2, 0) is 4.79 Å². The second-order valence-electron chi connectivity index (χ2n) is 4.98. The van der Waals surface area contributed by atoms with Gasteiger partial charge in [-0.25, -0.2) is 0 Å². The lowest BCUT2D eigenvalue weighted by Crippen LogP contribution is -2.43. The topological polar surface area (TPSA) is 67.6 Å². The molecule has 5 heteroatoms. The van der Waals surface area contributed by atoms with Gasteiger partial charge in [-0.1, -0.05) is 0 Å². The van der Waals surface area contributed by atoms with E-state index in [1.165, 1.54) is 0 Å². The van der Waals surface area contributed by atoms with Crippen LogP contribution in [-0.4, -0.2) is 60.6 Å². The molecule has 1 aliphatic heterocycles. The fourth-order valence-electron chi connectivity index (χ4n) is 2.37. The zero-order valence-corrected chi connectivity index (χ0v) is 11.1. The fraction of sp³-hybridized carbons (Fsp3) is 0.846. The van der Waals surface area contributed by atoms with Crippen LogP contribution in [0, 0.1) is 17.2 Å². The molecule has 0 aromatic carbocycles. The number of rotatable bonds is 6. The Bertz CT molecular complexity index is 299. The van der Waals surface area contributed by atoms with Crippen molar-refractivity contribution in [2.24, 2.45) is 5.92 Å². The third kappa shape index (κ3) is 5.03. The van der Waals surface area contributed by atoms with Crippen molar-refractivity contribution < 1.29 is 9.90 Å². The average Bonchev–Trinajstić information content (AvgIpc) is 2.36. The summed E-state index contributed by atoms with van der Waals surface area (Å²) in [6.07, 6.45) is 3.46. The van der Waals surface area contributed by atoms with Crippen LogP contribution in [0.5, 0.6) is 0 Å². The van der Waals surface area contributed by atoms with E-state index in [1.807, 2.05) is 6.07 Å². The SMILES string of the molecule is CN(CCC#N)C(=O)CN1CCCC(CCO)C1. The summed E-state index contributed by atoms with van der Waals surface area (Å²) in [6.45, 7) is 3.03. The molecule has 0 aromatic heterocycles. The van der Waals surface area contributed by atoms with Crippen LogP contribution in [0.3, 0.4) is 0 Å². The summed E-state index contributed by atoms with van der Waals surface area (Å²) in [5.74, 6) is 0.593. The molecule has 1 aliphatic rings. The molecule has 102 valence electrons. The number of piperidine rings is 1. The van der Waals surface area contributed by atoms with Gasteiger partial charge in [0.2, 0.25) is 5.91 Å². The Hall–Kier alpha value is -1.12. The monoisotopic (exact) mass is 253 g/mol. The molecule has 1 atom stereocenters. The third-order valence-electron chi connectivity index (χ3n) is 3.48. The van der Waals surface area contributed by atoms with Gasteiger partial charge in [-0.3, -0.25) is 9.69 Å². The molecule has 0 radical (unpaired) electrons. The van der Waals surface area contributed by atoms with Crippen LogP contribution in [0.15, 0.2) is 0 Å². The van der Waals surface area contributed by atoms with E-state index in [2.05, 4.69) is 4.90 Å². The first-order chi connectivity index (χ1) is 8.67. The molecule has 0 spiro atoms. The first-order valence-electron chi connectivity index (χ1n) is 6.61. The van der Waals surface area contributed by atoms with Gasteiger partial charge in [0, 0.05) is 26.7 Å². The van der Waals surface area contributed by atoms with Crippen LogP contribution in [0.25, 0.3) is 0 Å². The highest BCUT2D eigenvalue weighted by Crippen LogP contribution is 2.18. The quantitative estimate of drug-likeness (QED) is 0.746. The van der Waals surface area contributed by atoms with E-state index in [0.29, 0.717) is 25.4 Å². The lowest BCUT2D eigenvalue weighted by molar-refractivity contribution is -0.131. The minimum Gasteiger partial charge on any atom is -0.396 e. The second kappa shape index (κ2) is 8.06. The van der Waals surface area contributed by atoms with Gasteiger partial charge in [0.25, 0.3) is 0 Å². The number of amides is 1. The molecule has 0 bridgehead atoms. The van der Waals surface area contributed by atoms with Gasteiger partial charge >= 0.3 is 0 Å². The highest BCUT2D eigenvalue weighted by atomic mass is 16.3. The minimum absolute atomic E-state index is 0.0786. The van der Waals surface area contributed by atoms with Gasteiger partial charge in [0.1, 0.15) is 0 Å². The first-order valence-corrected chi connectivity index (χ1v) is 6.61. The third-order valence-corrected chi connectivity index (χ3v) is 3.48. The van der Waals surface area contributed by atoms with Crippen LogP contribution in [0.4, 0.5) is 0 Å². The standard InChI is InChI=1S/C13H23N3O2/c1-15(7-3-6-14)13(18)11-16-8-2-4-12(10-16)5-9-17/h12,17H,2-5,7-11H2,1H3. The van der Waals surface area contributed by atoms with E-state index in [9.17, 15) is 4.79 Å². The lowest BCUT2D eigenvalue weighted by Gasteiger charge is -2.32. The predicted molar refractivity (Wildman–Crippen MR) is 68.7 cm³/mol. The maximum Gasteiger partial charge on any atom is 0.236 e. The minimum atomic E-state index is 0.0786. The van der Waals surface area contributed by atoms with Crippen molar-refractivity contribution in [2.45, 2.75) is 25.7 Å². The number of hydrogen-bond acceptors (Lipinski definition) is 4.